The zero-order chi connectivity index (χ0) is 13.7. The smallest absolute Gasteiger partial charge is 0.146 e. The van der Waals surface area contributed by atoms with E-state index in [0.717, 1.165) is 37.1 Å². The Kier molecular flexibility index (Phi) is 5.16. The highest BCUT2D eigenvalue weighted by molar-refractivity contribution is 7.18. The Hall–Kier alpha value is -1.13. The number of hydrogen-bond acceptors (Lipinski definition) is 4. The van der Waals surface area contributed by atoms with Gasteiger partial charge in [0.15, 0.2) is 0 Å². The maximum Gasteiger partial charge on any atom is 0.146 e. The van der Waals surface area contributed by atoms with Crippen LogP contribution in [0.5, 0.6) is 5.75 Å². The third-order valence-electron chi connectivity index (χ3n) is 2.87. The van der Waals surface area contributed by atoms with Crippen molar-refractivity contribution in [2.45, 2.75) is 33.1 Å². The van der Waals surface area contributed by atoms with E-state index in [0.29, 0.717) is 12.5 Å². The van der Waals surface area contributed by atoms with Crippen molar-refractivity contribution in [3.63, 3.8) is 0 Å². The number of aromatic nitrogens is 1. The minimum absolute atomic E-state index is 0.634. The van der Waals surface area contributed by atoms with E-state index in [2.05, 4.69) is 19.9 Å². The molecule has 19 heavy (non-hydrogen) atoms. The number of hydrogen-bond donors (Lipinski definition) is 1. The molecule has 0 aliphatic carbocycles. The lowest BCUT2D eigenvalue weighted by atomic mass is 10.1. The summed E-state index contributed by atoms with van der Waals surface area (Å²) in [7, 11) is 0. The molecule has 0 saturated carbocycles. The van der Waals surface area contributed by atoms with Gasteiger partial charge in [-0.25, -0.2) is 4.98 Å². The van der Waals surface area contributed by atoms with Gasteiger partial charge in [0.1, 0.15) is 11.3 Å². The van der Waals surface area contributed by atoms with Gasteiger partial charge in [0.05, 0.1) is 16.3 Å². The number of nitrogens with two attached hydrogens (primary N) is 1. The van der Waals surface area contributed by atoms with Crippen LogP contribution in [-0.2, 0) is 6.42 Å². The predicted octanol–water partition coefficient (Wildman–Crippen LogP) is 3.61. The third kappa shape index (κ3) is 3.91. The predicted molar refractivity (Wildman–Crippen MR) is 81.9 cm³/mol. The molecule has 3 nitrogen and oxygen atoms in total. The first-order valence-corrected chi connectivity index (χ1v) is 7.73. The highest BCUT2D eigenvalue weighted by atomic mass is 32.1. The zero-order valence-electron chi connectivity index (χ0n) is 11.7. The summed E-state index contributed by atoms with van der Waals surface area (Å²) in [5.74, 6) is 1.54. The van der Waals surface area contributed by atoms with Gasteiger partial charge in [0.2, 0.25) is 0 Å². The van der Waals surface area contributed by atoms with Gasteiger partial charge in [-0.1, -0.05) is 19.9 Å². The van der Waals surface area contributed by atoms with Gasteiger partial charge in [0.25, 0.3) is 0 Å². The van der Waals surface area contributed by atoms with Crippen LogP contribution in [0.15, 0.2) is 18.2 Å². The summed E-state index contributed by atoms with van der Waals surface area (Å²) < 4.78 is 7.04. The molecule has 1 aromatic carbocycles. The standard InChI is InChI=1S/C15H22N2OS/c1-11(2)10-14-17-15-12(18-9-4-3-8-16)6-5-7-13(15)19-14/h5-7,11H,3-4,8-10,16H2,1-2H3. The van der Waals surface area contributed by atoms with Crippen molar-refractivity contribution in [2.24, 2.45) is 11.7 Å². The Balaban J connectivity index is 2.12. The molecule has 0 spiro atoms. The first kappa shape index (κ1) is 14.3. The number of thiazole rings is 1. The Labute approximate surface area is 118 Å². The second-order valence-corrected chi connectivity index (χ2v) is 6.27. The highest BCUT2D eigenvalue weighted by Crippen LogP contribution is 2.30. The monoisotopic (exact) mass is 278 g/mol. The molecule has 4 heteroatoms. The van der Waals surface area contributed by atoms with E-state index in [1.54, 1.807) is 11.3 Å². The largest absolute Gasteiger partial charge is 0.491 e. The van der Waals surface area contributed by atoms with Crippen molar-refractivity contribution in [1.82, 2.24) is 4.98 Å². The Bertz CT molecular complexity index is 522. The number of fused-ring (bicyclic) bond motifs is 1. The van der Waals surface area contributed by atoms with Crippen molar-refractivity contribution in [3.05, 3.63) is 23.2 Å². The molecule has 0 atom stereocenters. The minimum Gasteiger partial charge on any atom is -0.491 e. The number of rotatable bonds is 7. The van der Waals surface area contributed by atoms with E-state index < -0.39 is 0 Å². The van der Waals surface area contributed by atoms with Crippen LogP contribution in [0.4, 0.5) is 0 Å². The normalized spacial score (nSPS) is 11.4. The first-order chi connectivity index (χ1) is 9.20. The number of para-hydroxylation sites is 1. The molecule has 0 unspecified atom stereocenters. The summed E-state index contributed by atoms with van der Waals surface area (Å²) in [5, 5.41) is 1.20. The summed E-state index contributed by atoms with van der Waals surface area (Å²) in [6.45, 7) is 5.88. The quantitative estimate of drug-likeness (QED) is 0.787. The molecule has 2 aromatic rings. The van der Waals surface area contributed by atoms with Crippen LogP contribution in [0, 0.1) is 5.92 Å². The fourth-order valence-electron chi connectivity index (χ4n) is 1.95. The molecule has 0 bridgehead atoms. The van der Waals surface area contributed by atoms with Crippen LogP contribution in [-0.4, -0.2) is 18.1 Å². The molecule has 1 aromatic heterocycles. The van der Waals surface area contributed by atoms with E-state index in [4.69, 9.17) is 15.5 Å². The van der Waals surface area contributed by atoms with E-state index >= 15 is 0 Å². The lowest BCUT2D eigenvalue weighted by molar-refractivity contribution is 0.311. The van der Waals surface area contributed by atoms with Crippen molar-refractivity contribution >= 4 is 21.6 Å². The van der Waals surface area contributed by atoms with E-state index in [1.807, 2.05) is 12.1 Å². The van der Waals surface area contributed by atoms with E-state index in [9.17, 15) is 0 Å². The van der Waals surface area contributed by atoms with Gasteiger partial charge >= 0.3 is 0 Å². The fraction of sp³-hybridized carbons (Fsp3) is 0.533. The molecular weight excluding hydrogens is 256 g/mol. The van der Waals surface area contributed by atoms with Crippen LogP contribution in [0.25, 0.3) is 10.2 Å². The lowest BCUT2D eigenvalue weighted by Gasteiger charge is -2.05. The van der Waals surface area contributed by atoms with Crippen LogP contribution in [0.3, 0.4) is 0 Å². The Morgan fingerprint density at radius 1 is 1.32 bits per heavy atom. The molecule has 104 valence electrons. The van der Waals surface area contributed by atoms with E-state index in [1.165, 1.54) is 9.71 Å². The van der Waals surface area contributed by atoms with Gasteiger partial charge in [-0.3, -0.25) is 0 Å². The molecule has 0 aliphatic rings. The molecule has 0 fully saturated rings. The van der Waals surface area contributed by atoms with Crippen LogP contribution >= 0.6 is 11.3 Å². The molecule has 0 radical (unpaired) electrons. The number of ether oxygens (including phenoxy) is 1. The van der Waals surface area contributed by atoms with Crippen LogP contribution < -0.4 is 10.5 Å². The van der Waals surface area contributed by atoms with Crippen LogP contribution in [0.2, 0.25) is 0 Å². The summed E-state index contributed by atoms with van der Waals surface area (Å²) in [5.41, 5.74) is 6.49. The molecule has 0 saturated heterocycles. The Morgan fingerprint density at radius 2 is 2.16 bits per heavy atom. The molecule has 2 N–H and O–H groups in total. The first-order valence-electron chi connectivity index (χ1n) is 6.92. The van der Waals surface area contributed by atoms with Crippen molar-refractivity contribution in [1.29, 1.82) is 0 Å². The zero-order valence-corrected chi connectivity index (χ0v) is 12.5. The number of nitrogens with zero attached hydrogens (tertiary/aromatic N) is 1. The van der Waals surface area contributed by atoms with E-state index in [-0.39, 0.29) is 0 Å². The number of benzene rings is 1. The summed E-state index contributed by atoms with van der Waals surface area (Å²) in [6, 6.07) is 6.16. The van der Waals surface area contributed by atoms with Crippen LogP contribution in [0.1, 0.15) is 31.7 Å². The van der Waals surface area contributed by atoms with Crippen molar-refractivity contribution in [3.8, 4) is 5.75 Å². The molecule has 2 rings (SSSR count). The lowest BCUT2D eigenvalue weighted by Crippen LogP contribution is -2.03. The highest BCUT2D eigenvalue weighted by Gasteiger charge is 2.10. The van der Waals surface area contributed by atoms with Gasteiger partial charge in [-0.15, -0.1) is 11.3 Å². The molecule has 1 heterocycles. The second kappa shape index (κ2) is 6.87. The topological polar surface area (TPSA) is 48.1 Å². The van der Waals surface area contributed by atoms with Gasteiger partial charge in [-0.2, -0.15) is 0 Å². The van der Waals surface area contributed by atoms with Gasteiger partial charge < -0.3 is 10.5 Å². The summed E-state index contributed by atoms with van der Waals surface area (Å²) >= 11 is 1.77. The average molecular weight is 278 g/mol. The second-order valence-electron chi connectivity index (χ2n) is 5.15. The SMILES string of the molecule is CC(C)Cc1nc2c(OCCCCN)cccc2s1. The summed E-state index contributed by atoms with van der Waals surface area (Å²) in [6.07, 6.45) is 3.04. The fourth-order valence-corrected chi connectivity index (χ4v) is 3.15. The third-order valence-corrected chi connectivity index (χ3v) is 3.91. The van der Waals surface area contributed by atoms with Gasteiger partial charge in [0, 0.05) is 6.42 Å². The minimum atomic E-state index is 0.634. The average Bonchev–Trinajstić information content (AvgIpc) is 2.76. The molecular formula is C15H22N2OS. The molecule has 0 aliphatic heterocycles. The van der Waals surface area contributed by atoms with Crippen molar-refractivity contribution in [2.75, 3.05) is 13.2 Å². The Morgan fingerprint density at radius 3 is 2.89 bits per heavy atom. The van der Waals surface area contributed by atoms with Crippen molar-refractivity contribution < 1.29 is 4.74 Å². The number of unbranched alkanes of at least 4 members (excludes halogenated alkanes) is 1. The van der Waals surface area contributed by atoms with Gasteiger partial charge in [-0.05, 0) is 37.4 Å². The summed E-state index contributed by atoms with van der Waals surface area (Å²) in [4.78, 5) is 4.72. The maximum absolute atomic E-state index is 5.83. The molecule has 0 amide bonds. The maximum atomic E-state index is 5.83.